The van der Waals surface area contributed by atoms with Crippen LogP contribution >= 0.6 is 23.2 Å². The molecule has 0 aliphatic heterocycles. The fraction of sp³-hybridized carbons (Fsp3) is 0.107. The number of carbonyl (C=O) groups is 1. The van der Waals surface area contributed by atoms with Crippen molar-refractivity contribution in [2.75, 3.05) is 20.9 Å². The minimum Gasteiger partial charge on any atom is -0.325 e. The lowest BCUT2D eigenvalue weighted by molar-refractivity contribution is -0.114. The van der Waals surface area contributed by atoms with Crippen molar-refractivity contribution in [2.45, 2.75) is 23.6 Å². The normalized spacial score (nSPS) is 11.6. The second-order valence-corrected chi connectivity index (χ2v) is 13.2. The van der Waals surface area contributed by atoms with Crippen LogP contribution in [0.1, 0.15) is 11.1 Å². The van der Waals surface area contributed by atoms with E-state index in [1.54, 1.807) is 18.2 Å². The van der Waals surface area contributed by atoms with E-state index in [9.17, 15) is 21.6 Å². The minimum atomic E-state index is -4.15. The lowest BCUT2D eigenvalue weighted by Crippen LogP contribution is -2.38. The zero-order valence-corrected chi connectivity index (χ0v) is 24.6. The highest BCUT2D eigenvalue weighted by Gasteiger charge is 2.28. The summed E-state index contributed by atoms with van der Waals surface area (Å²) in [5.41, 5.74) is 2.49. The number of benzene rings is 4. The Bertz CT molecular complexity index is 1740. The maximum absolute atomic E-state index is 13.5. The molecule has 40 heavy (non-hydrogen) atoms. The Morgan fingerprint density at radius 3 is 1.98 bits per heavy atom. The lowest BCUT2D eigenvalue weighted by atomic mass is 10.1. The molecule has 4 aromatic rings. The zero-order chi connectivity index (χ0) is 29.1. The smallest absolute Gasteiger partial charge is 0.264 e. The van der Waals surface area contributed by atoms with E-state index in [4.69, 9.17) is 23.2 Å². The molecular formula is C28H25Cl2N3O5S2. The number of aryl methyl sites for hydroxylation is 2. The number of para-hydroxylation sites is 1. The standard InChI is InChI=1S/C28H25Cl2N3O5S2/c1-19-7-6-8-20(2)28(19)32-39(35,36)23-14-11-21(12-15-23)31-27(34)18-33(22-13-16-25(29)26(30)17-22)40(37,38)24-9-4-3-5-10-24/h3-17,32H,18H2,1-2H3,(H,31,34). The highest BCUT2D eigenvalue weighted by molar-refractivity contribution is 7.93. The molecule has 4 aromatic carbocycles. The van der Waals surface area contributed by atoms with Crippen LogP contribution in [0.25, 0.3) is 0 Å². The van der Waals surface area contributed by atoms with Gasteiger partial charge in [-0.1, -0.05) is 59.6 Å². The molecule has 0 saturated heterocycles. The van der Waals surface area contributed by atoms with Gasteiger partial charge in [0.1, 0.15) is 6.54 Å². The van der Waals surface area contributed by atoms with E-state index in [1.165, 1.54) is 54.6 Å². The average Bonchev–Trinajstić information content (AvgIpc) is 2.92. The first-order valence-electron chi connectivity index (χ1n) is 11.9. The SMILES string of the molecule is Cc1cccc(C)c1NS(=O)(=O)c1ccc(NC(=O)CN(c2ccc(Cl)c(Cl)c2)S(=O)(=O)c2ccccc2)cc1. The van der Waals surface area contributed by atoms with E-state index in [0.717, 1.165) is 15.4 Å². The van der Waals surface area contributed by atoms with E-state index >= 15 is 0 Å². The summed E-state index contributed by atoms with van der Waals surface area (Å²) in [5.74, 6) is -0.658. The first-order chi connectivity index (χ1) is 18.9. The van der Waals surface area contributed by atoms with Gasteiger partial charge in [0.2, 0.25) is 5.91 Å². The number of amides is 1. The maximum Gasteiger partial charge on any atom is 0.264 e. The Morgan fingerprint density at radius 2 is 1.38 bits per heavy atom. The van der Waals surface area contributed by atoms with E-state index < -0.39 is 32.5 Å². The lowest BCUT2D eigenvalue weighted by Gasteiger charge is -2.24. The topological polar surface area (TPSA) is 113 Å². The largest absolute Gasteiger partial charge is 0.325 e. The van der Waals surface area contributed by atoms with Gasteiger partial charge in [-0.25, -0.2) is 16.8 Å². The van der Waals surface area contributed by atoms with E-state index in [-0.39, 0.29) is 31.2 Å². The molecule has 0 aliphatic rings. The van der Waals surface area contributed by atoms with Crippen molar-refractivity contribution in [3.63, 3.8) is 0 Å². The van der Waals surface area contributed by atoms with Gasteiger partial charge in [-0.3, -0.25) is 13.8 Å². The molecule has 1 amide bonds. The number of halogens is 2. The van der Waals surface area contributed by atoms with Crippen LogP contribution in [0.2, 0.25) is 10.0 Å². The Labute approximate surface area is 243 Å². The van der Waals surface area contributed by atoms with E-state index in [2.05, 4.69) is 10.0 Å². The number of rotatable bonds is 9. The molecule has 2 N–H and O–H groups in total. The third-order valence-electron chi connectivity index (χ3n) is 5.98. The summed E-state index contributed by atoms with van der Waals surface area (Å²) in [6, 6.07) is 22.9. The summed E-state index contributed by atoms with van der Waals surface area (Å²) in [6.45, 7) is 3.04. The number of nitrogens with zero attached hydrogens (tertiary/aromatic N) is 1. The summed E-state index contributed by atoms with van der Waals surface area (Å²) in [7, 11) is -8.04. The van der Waals surface area contributed by atoms with Crippen molar-refractivity contribution >= 4 is 66.2 Å². The summed E-state index contributed by atoms with van der Waals surface area (Å²) < 4.78 is 56.4. The second-order valence-electron chi connectivity index (χ2n) is 8.87. The van der Waals surface area contributed by atoms with Crippen LogP contribution in [-0.4, -0.2) is 29.3 Å². The highest BCUT2D eigenvalue weighted by Crippen LogP contribution is 2.31. The fourth-order valence-corrected chi connectivity index (χ4v) is 6.82. The zero-order valence-electron chi connectivity index (χ0n) is 21.4. The maximum atomic E-state index is 13.5. The van der Waals surface area contributed by atoms with Gasteiger partial charge in [0.25, 0.3) is 20.0 Å². The third-order valence-corrected chi connectivity index (χ3v) is 9.87. The summed E-state index contributed by atoms with van der Waals surface area (Å²) >= 11 is 12.1. The number of carbonyl (C=O) groups excluding carboxylic acids is 1. The van der Waals surface area contributed by atoms with Gasteiger partial charge in [-0.15, -0.1) is 0 Å². The second kappa shape index (κ2) is 11.9. The van der Waals surface area contributed by atoms with Crippen LogP contribution in [0.3, 0.4) is 0 Å². The number of hydrogen-bond acceptors (Lipinski definition) is 5. The number of hydrogen-bond donors (Lipinski definition) is 2. The molecule has 12 heteroatoms. The molecule has 0 radical (unpaired) electrons. The molecule has 4 rings (SSSR count). The van der Waals surface area contributed by atoms with Gasteiger partial charge in [-0.05, 0) is 79.6 Å². The molecule has 0 saturated carbocycles. The Balaban J connectivity index is 1.55. The molecule has 0 heterocycles. The molecule has 208 valence electrons. The Morgan fingerprint density at radius 1 is 0.750 bits per heavy atom. The van der Waals surface area contributed by atoms with Crippen molar-refractivity contribution < 1.29 is 21.6 Å². The Kier molecular flexibility index (Phi) is 8.74. The molecular weight excluding hydrogens is 593 g/mol. The van der Waals surface area contributed by atoms with Crippen LogP contribution in [0.15, 0.2) is 101 Å². The van der Waals surface area contributed by atoms with Crippen molar-refractivity contribution in [3.05, 3.63) is 112 Å². The van der Waals surface area contributed by atoms with Crippen LogP contribution in [0, 0.1) is 13.8 Å². The van der Waals surface area contributed by atoms with Crippen molar-refractivity contribution in [1.82, 2.24) is 0 Å². The molecule has 0 atom stereocenters. The first-order valence-corrected chi connectivity index (χ1v) is 15.6. The summed E-state index contributed by atoms with van der Waals surface area (Å²) in [5, 5.41) is 2.97. The van der Waals surface area contributed by atoms with Crippen molar-refractivity contribution in [2.24, 2.45) is 0 Å². The van der Waals surface area contributed by atoms with Crippen LogP contribution in [0.4, 0.5) is 17.1 Å². The highest BCUT2D eigenvalue weighted by atomic mass is 35.5. The number of anilines is 3. The fourth-order valence-electron chi connectivity index (χ4n) is 3.89. The van der Waals surface area contributed by atoms with Gasteiger partial charge in [0.15, 0.2) is 0 Å². The van der Waals surface area contributed by atoms with Crippen molar-refractivity contribution in [3.8, 4) is 0 Å². The molecule has 0 aromatic heterocycles. The van der Waals surface area contributed by atoms with Gasteiger partial charge >= 0.3 is 0 Å². The third kappa shape index (κ3) is 6.59. The molecule has 8 nitrogen and oxygen atoms in total. The number of nitrogens with one attached hydrogen (secondary N) is 2. The number of sulfonamides is 2. The van der Waals surface area contributed by atoms with E-state index in [0.29, 0.717) is 5.69 Å². The minimum absolute atomic E-state index is 0.00256. The monoisotopic (exact) mass is 617 g/mol. The van der Waals surface area contributed by atoms with Crippen LogP contribution < -0.4 is 14.3 Å². The van der Waals surface area contributed by atoms with Crippen LogP contribution in [-0.2, 0) is 24.8 Å². The quantitative estimate of drug-likeness (QED) is 0.231. The summed E-state index contributed by atoms with van der Waals surface area (Å²) in [4.78, 5) is 13.0. The van der Waals surface area contributed by atoms with Crippen molar-refractivity contribution in [1.29, 1.82) is 0 Å². The first kappa shape index (κ1) is 29.4. The van der Waals surface area contributed by atoms with E-state index in [1.807, 2.05) is 32.0 Å². The Hall–Kier alpha value is -3.57. The van der Waals surface area contributed by atoms with Gasteiger partial charge in [0, 0.05) is 5.69 Å². The van der Waals surface area contributed by atoms with Gasteiger partial charge in [-0.2, -0.15) is 0 Å². The van der Waals surface area contributed by atoms with Crippen LogP contribution in [0.5, 0.6) is 0 Å². The van der Waals surface area contributed by atoms with Gasteiger partial charge in [0.05, 0.1) is 31.2 Å². The summed E-state index contributed by atoms with van der Waals surface area (Å²) in [6.07, 6.45) is 0. The predicted molar refractivity (Wildman–Crippen MR) is 159 cm³/mol. The molecule has 0 aliphatic carbocycles. The predicted octanol–water partition coefficient (Wildman–Crippen LogP) is 6.25. The van der Waals surface area contributed by atoms with Gasteiger partial charge < -0.3 is 5.32 Å². The molecule has 0 bridgehead atoms. The molecule has 0 spiro atoms. The molecule has 0 unspecified atom stereocenters. The average molecular weight is 619 g/mol. The molecule has 0 fully saturated rings.